The zero-order valence-corrected chi connectivity index (χ0v) is 10.0. The molecule has 0 spiro atoms. The van der Waals surface area contributed by atoms with Crippen LogP contribution in [0.3, 0.4) is 0 Å². The molecule has 1 aliphatic heterocycles. The smallest absolute Gasteiger partial charge is 0.346 e. The average Bonchev–Trinajstić information content (AvgIpc) is 2.37. The third-order valence-corrected chi connectivity index (χ3v) is 3.28. The van der Waals surface area contributed by atoms with Crippen molar-refractivity contribution < 1.29 is 14.3 Å². The molecule has 0 atom stereocenters. The minimum absolute atomic E-state index is 0.486. The summed E-state index contributed by atoms with van der Waals surface area (Å²) in [5.41, 5.74) is 2.14. The Morgan fingerprint density at radius 3 is 2.44 bits per heavy atom. The molecule has 90 valence electrons. The zero-order valence-electron chi connectivity index (χ0n) is 10.0. The van der Waals surface area contributed by atoms with E-state index < -0.39 is 11.9 Å². The maximum Gasteiger partial charge on any atom is 0.346 e. The number of benzene rings is 2. The van der Waals surface area contributed by atoms with Crippen molar-refractivity contribution in [1.29, 1.82) is 0 Å². The molecule has 0 unspecified atom stereocenters. The molecule has 0 fully saturated rings. The summed E-state index contributed by atoms with van der Waals surface area (Å²) in [5.74, 6) is -1.10. The minimum Gasteiger partial charge on any atom is -0.386 e. The predicted octanol–water partition coefficient (Wildman–Crippen LogP) is 3.10. The summed E-state index contributed by atoms with van der Waals surface area (Å²) in [6.45, 7) is 2.11. The van der Waals surface area contributed by atoms with Gasteiger partial charge in [0.1, 0.15) is 0 Å². The second-order valence-electron chi connectivity index (χ2n) is 4.43. The number of carbonyl (C=O) groups excluding carboxylic acids is 2. The summed E-state index contributed by atoms with van der Waals surface area (Å²) in [7, 11) is 0. The van der Waals surface area contributed by atoms with E-state index in [1.807, 2.05) is 18.2 Å². The number of esters is 2. The molecule has 2 aromatic carbocycles. The first-order chi connectivity index (χ1) is 8.72. The van der Waals surface area contributed by atoms with E-state index in [1.165, 1.54) is 5.56 Å². The van der Waals surface area contributed by atoms with Crippen molar-refractivity contribution >= 4 is 22.7 Å². The summed E-state index contributed by atoms with van der Waals surface area (Å²) in [5, 5.41) is 1.72. The van der Waals surface area contributed by atoms with Gasteiger partial charge in [-0.2, -0.15) is 0 Å². The third kappa shape index (κ3) is 1.44. The minimum atomic E-state index is -0.549. The fourth-order valence-corrected chi connectivity index (χ4v) is 2.49. The van der Waals surface area contributed by atoms with Crippen molar-refractivity contribution in [3.8, 4) is 0 Å². The molecular weight excluding hydrogens is 228 g/mol. The molecule has 3 heteroatoms. The fourth-order valence-electron chi connectivity index (χ4n) is 2.49. The Balaban J connectivity index is 2.41. The molecule has 0 bridgehead atoms. The quantitative estimate of drug-likeness (QED) is 0.598. The van der Waals surface area contributed by atoms with Crippen molar-refractivity contribution in [2.75, 3.05) is 0 Å². The Hall–Kier alpha value is -2.16. The fraction of sp³-hybridized carbons (Fsp3) is 0.200. The van der Waals surface area contributed by atoms with Gasteiger partial charge in [-0.15, -0.1) is 0 Å². The van der Waals surface area contributed by atoms with Crippen LogP contribution in [0.15, 0.2) is 30.3 Å². The van der Waals surface area contributed by atoms with Gasteiger partial charge in [0.05, 0.1) is 11.1 Å². The van der Waals surface area contributed by atoms with Crippen molar-refractivity contribution in [2.24, 2.45) is 0 Å². The lowest BCUT2D eigenvalue weighted by Gasteiger charge is -2.17. The number of hydrogen-bond acceptors (Lipinski definition) is 3. The van der Waals surface area contributed by atoms with Gasteiger partial charge in [0, 0.05) is 5.39 Å². The highest BCUT2D eigenvalue weighted by Crippen LogP contribution is 2.31. The number of rotatable bonds is 2. The van der Waals surface area contributed by atoms with Crippen LogP contribution in [0.25, 0.3) is 10.8 Å². The van der Waals surface area contributed by atoms with Gasteiger partial charge in [-0.25, -0.2) is 9.59 Å². The molecule has 1 heterocycles. The SMILES string of the molecule is CCCc1ccc2c3c(cccc13)C(=O)OC2=O. The molecule has 3 rings (SSSR count). The summed E-state index contributed by atoms with van der Waals surface area (Å²) in [6.07, 6.45) is 1.96. The monoisotopic (exact) mass is 240 g/mol. The molecule has 2 aromatic rings. The Kier molecular flexibility index (Phi) is 2.40. The van der Waals surface area contributed by atoms with E-state index in [1.54, 1.807) is 12.1 Å². The van der Waals surface area contributed by atoms with Crippen LogP contribution in [0.5, 0.6) is 0 Å². The van der Waals surface area contributed by atoms with E-state index in [2.05, 4.69) is 6.92 Å². The Morgan fingerprint density at radius 2 is 1.72 bits per heavy atom. The summed E-state index contributed by atoms with van der Waals surface area (Å²) < 4.78 is 4.72. The standard InChI is InChI=1S/C15H12O3/c1-2-4-9-7-8-12-13-10(9)5-3-6-11(13)14(16)18-15(12)17/h3,5-8H,2,4H2,1H3. The third-order valence-electron chi connectivity index (χ3n) is 3.28. The Labute approximate surface area is 104 Å². The van der Waals surface area contributed by atoms with E-state index in [4.69, 9.17) is 4.74 Å². The van der Waals surface area contributed by atoms with Crippen LogP contribution in [0, 0.1) is 0 Å². The molecule has 18 heavy (non-hydrogen) atoms. The van der Waals surface area contributed by atoms with Crippen molar-refractivity contribution in [1.82, 2.24) is 0 Å². The number of hydrogen-bond donors (Lipinski definition) is 0. The summed E-state index contributed by atoms with van der Waals surface area (Å²) >= 11 is 0. The Morgan fingerprint density at radius 1 is 1.00 bits per heavy atom. The van der Waals surface area contributed by atoms with Gasteiger partial charge in [0.25, 0.3) is 0 Å². The number of cyclic esters (lactones) is 2. The highest BCUT2D eigenvalue weighted by Gasteiger charge is 2.27. The highest BCUT2D eigenvalue weighted by molar-refractivity contribution is 6.21. The van der Waals surface area contributed by atoms with Gasteiger partial charge in [0.2, 0.25) is 0 Å². The first-order valence-electron chi connectivity index (χ1n) is 6.03. The highest BCUT2D eigenvalue weighted by atomic mass is 16.6. The van der Waals surface area contributed by atoms with Gasteiger partial charge < -0.3 is 4.74 Å². The molecular formula is C15H12O3. The largest absolute Gasteiger partial charge is 0.386 e. The molecule has 0 aromatic heterocycles. The second kappa shape index (κ2) is 3.95. The average molecular weight is 240 g/mol. The topological polar surface area (TPSA) is 43.4 Å². The molecule has 0 amide bonds. The molecule has 3 nitrogen and oxygen atoms in total. The molecule has 1 aliphatic rings. The Bertz CT molecular complexity index is 650. The molecule has 0 saturated carbocycles. The van der Waals surface area contributed by atoms with Gasteiger partial charge in [-0.1, -0.05) is 31.5 Å². The molecule has 0 saturated heterocycles. The lowest BCUT2D eigenvalue weighted by atomic mass is 9.92. The van der Waals surface area contributed by atoms with Crippen molar-refractivity contribution in [3.05, 3.63) is 47.0 Å². The second-order valence-corrected chi connectivity index (χ2v) is 4.43. The van der Waals surface area contributed by atoms with E-state index in [9.17, 15) is 9.59 Å². The van der Waals surface area contributed by atoms with Gasteiger partial charge in [-0.05, 0) is 29.5 Å². The van der Waals surface area contributed by atoms with Gasteiger partial charge in [0.15, 0.2) is 0 Å². The van der Waals surface area contributed by atoms with Crippen LogP contribution >= 0.6 is 0 Å². The first-order valence-corrected chi connectivity index (χ1v) is 6.03. The lowest BCUT2D eigenvalue weighted by Crippen LogP contribution is -2.19. The maximum atomic E-state index is 11.7. The molecule has 0 N–H and O–H groups in total. The number of carbonyl (C=O) groups is 2. The predicted molar refractivity (Wildman–Crippen MR) is 67.7 cm³/mol. The molecule has 0 radical (unpaired) electrons. The van der Waals surface area contributed by atoms with E-state index in [0.29, 0.717) is 11.1 Å². The summed E-state index contributed by atoms with van der Waals surface area (Å²) in [6, 6.07) is 9.20. The molecule has 0 aliphatic carbocycles. The van der Waals surface area contributed by atoms with Crippen LogP contribution in [0.4, 0.5) is 0 Å². The van der Waals surface area contributed by atoms with E-state index in [0.717, 1.165) is 23.6 Å². The van der Waals surface area contributed by atoms with Crippen LogP contribution < -0.4 is 0 Å². The van der Waals surface area contributed by atoms with Gasteiger partial charge >= 0.3 is 11.9 Å². The van der Waals surface area contributed by atoms with Crippen molar-refractivity contribution in [3.63, 3.8) is 0 Å². The van der Waals surface area contributed by atoms with Crippen LogP contribution in [0.1, 0.15) is 39.6 Å². The summed E-state index contributed by atoms with van der Waals surface area (Å²) in [4.78, 5) is 23.4. The first kappa shape index (κ1) is 11.0. The van der Waals surface area contributed by atoms with E-state index in [-0.39, 0.29) is 0 Å². The van der Waals surface area contributed by atoms with Crippen LogP contribution in [-0.4, -0.2) is 11.9 Å². The number of aryl methyl sites for hydroxylation is 1. The van der Waals surface area contributed by atoms with Gasteiger partial charge in [-0.3, -0.25) is 0 Å². The van der Waals surface area contributed by atoms with Crippen molar-refractivity contribution in [2.45, 2.75) is 19.8 Å². The van der Waals surface area contributed by atoms with E-state index >= 15 is 0 Å². The number of ether oxygens (including phenoxy) is 1. The lowest BCUT2D eigenvalue weighted by molar-refractivity contribution is 0.0391. The maximum absolute atomic E-state index is 11.7. The normalized spacial score (nSPS) is 13.8. The van der Waals surface area contributed by atoms with Crippen LogP contribution in [-0.2, 0) is 11.2 Å². The zero-order chi connectivity index (χ0) is 12.7. The van der Waals surface area contributed by atoms with Crippen LogP contribution in [0.2, 0.25) is 0 Å².